The summed E-state index contributed by atoms with van der Waals surface area (Å²) in [5.74, 6) is 0.955. The summed E-state index contributed by atoms with van der Waals surface area (Å²) in [4.78, 5) is 22.7. The number of esters is 2. The van der Waals surface area contributed by atoms with Gasteiger partial charge in [0.1, 0.15) is 0 Å². The Kier molecular flexibility index (Phi) is 5.80. The van der Waals surface area contributed by atoms with Crippen molar-refractivity contribution in [3.63, 3.8) is 0 Å². The number of rotatable bonds is 8. The maximum absolute atomic E-state index is 11.4. The van der Waals surface area contributed by atoms with Crippen LogP contribution < -0.4 is 0 Å². The average molecular weight is 318 g/mol. The van der Waals surface area contributed by atoms with Crippen LogP contribution in [0.3, 0.4) is 0 Å². The van der Waals surface area contributed by atoms with E-state index in [1.807, 2.05) is 6.92 Å². The number of ether oxygens (including phenoxy) is 2. The monoisotopic (exact) mass is 318 g/mol. The van der Waals surface area contributed by atoms with Crippen LogP contribution in [0.4, 0.5) is 0 Å². The Hall–Kier alpha value is -1.84. The van der Waals surface area contributed by atoms with Crippen LogP contribution in [0.5, 0.6) is 0 Å². The first kappa shape index (κ1) is 17.5. The van der Waals surface area contributed by atoms with Crippen LogP contribution >= 0.6 is 0 Å². The van der Waals surface area contributed by atoms with Crippen molar-refractivity contribution in [3.05, 3.63) is 37.5 Å². The minimum Gasteiger partial charge on any atom is -0.462 e. The standard InChI is InChI=1S/C19H26O4/c1-5-17(20)22-10-12(3)16(11-23-18(21)6-2)19-13(4)14-8-7-9-15(14)19/h5-6,12,14-16,19H,1-2,4,7-11H2,3H3. The molecule has 5 atom stereocenters. The van der Waals surface area contributed by atoms with Crippen LogP contribution in [-0.2, 0) is 19.1 Å². The molecule has 0 aromatic rings. The highest BCUT2D eigenvalue weighted by Crippen LogP contribution is 2.58. The third-order valence-electron chi connectivity index (χ3n) is 5.37. The van der Waals surface area contributed by atoms with E-state index in [9.17, 15) is 9.59 Å². The normalized spacial score (nSPS) is 28.0. The van der Waals surface area contributed by atoms with Crippen molar-refractivity contribution < 1.29 is 19.1 Å². The summed E-state index contributed by atoms with van der Waals surface area (Å²) in [6, 6.07) is 0. The minimum absolute atomic E-state index is 0.0832. The lowest BCUT2D eigenvalue weighted by atomic mass is 9.56. The minimum atomic E-state index is -0.426. The topological polar surface area (TPSA) is 52.6 Å². The maximum atomic E-state index is 11.4. The Morgan fingerprint density at radius 2 is 1.78 bits per heavy atom. The van der Waals surface area contributed by atoms with Gasteiger partial charge in [-0.05, 0) is 36.5 Å². The van der Waals surface area contributed by atoms with Crippen LogP contribution in [0.1, 0.15) is 26.2 Å². The van der Waals surface area contributed by atoms with Gasteiger partial charge in [-0.3, -0.25) is 0 Å². The van der Waals surface area contributed by atoms with Gasteiger partial charge in [-0.25, -0.2) is 9.59 Å². The fourth-order valence-corrected chi connectivity index (χ4v) is 4.13. The van der Waals surface area contributed by atoms with Gasteiger partial charge < -0.3 is 9.47 Å². The first-order valence-corrected chi connectivity index (χ1v) is 8.26. The van der Waals surface area contributed by atoms with Gasteiger partial charge in [0.2, 0.25) is 0 Å². The quantitative estimate of drug-likeness (QED) is 0.391. The zero-order valence-corrected chi connectivity index (χ0v) is 13.8. The molecule has 4 nitrogen and oxygen atoms in total. The van der Waals surface area contributed by atoms with Crippen molar-refractivity contribution in [1.29, 1.82) is 0 Å². The van der Waals surface area contributed by atoms with E-state index in [-0.39, 0.29) is 11.8 Å². The smallest absolute Gasteiger partial charge is 0.330 e. The molecule has 0 N–H and O–H groups in total. The Labute approximate surface area is 138 Å². The first-order valence-electron chi connectivity index (χ1n) is 8.26. The number of fused-ring (bicyclic) bond motifs is 1. The molecule has 0 heterocycles. The first-order chi connectivity index (χ1) is 11.0. The summed E-state index contributed by atoms with van der Waals surface area (Å²) < 4.78 is 10.5. The number of allylic oxidation sites excluding steroid dienone is 1. The summed E-state index contributed by atoms with van der Waals surface area (Å²) in [5, 5.41) is 0. The summed E-state index contributed by atoms with van der Waals surface area (Å²) >= 11 is 0. The van der Waals surface area contributed by atoms with Crippen LogP contribution in [0.15, 0.2) is 37.5 Å². The lowest BCUT2D eigenvalue weighted by molar-refractivity contribution is -0.145. The molecule has 0 spiro atoms. The van der Waals surface area contributed by atoms with Crippen molar-refractivity contribution in [3.8, 4) is 0 Å². The maximum Gasteiger partial charge on any atom is 0.330 e. The lowest BCUT2D eigenvalue weighted by Gasteiger charge is -2.49. The Morgan fingerprint density at radius 3 is 2.39 bits per heavy atom. The molecule has 0 saturated heterocycles. The number of hydrogen-bond donors (Lipinski definition) is 0. The number of carbonyl (C=O) groups excluding carboxylic acids is 2. The van der Waals surface area contributed by atoms with Crippen molar-refractivity contribution in [2.75, 3.05) is 13.2 Å². The molecule has 0 radical (unpaired) electrons. The third-order valence-corrected chi connectivity index (χ3v) is 5.37. The average Bonchev–Trinajstić information content (AvgIpc) is 2.99. The molecule has 2 aliphatic rings. The number of hydrogen-bond acceptors (Lipinski definition) is 4. The van der Waals surface area contributed by atoms with E-state index in [2.05, 4.69) is 19.7 Å². The van der Waals surface area contributed by atoms with E-state index in [0.29, 0.717) is 31.0 Å². The highest BCUT2D eigenvalue weighted by molar-refractivity contribution is 5.81. The molecule has 2 saturated carbocycles. The van der Waals surface area contributed by atoms with Crippen LogP contribution in [-0.4, -0.2) is 25.2 Å². The molecule has 5 unspecified atom stereocenters. The molecular weight excluding hydrogens is 292 g/mol. The van der Waals surface area contributed by atoms with Gasteiger partial charge in [-0.2, -0.15) is 0 Å². The van der Waals surface area contributed by atoms with E-state index in [1.54, 1.807) is 0 Å². The van der Waals surface area contributed by atoms with Gasteiger partial charge in [0.05, 0.1) is 13.2 Å². The molecule has 2 rings (SSSR count). The second kappa shape index (κ2) is 7.62. The Morgan fingerprint density at radius 1 is 1.17 bits per heavy atom. The molecule has 0 amide bonds. The molecule has 2 fully saturated rings. The van der Waals surface area contributed by atoms with Crippen LogP contribution in [0.25, 0.3) is 0 Å². The van der Waals surface area contributed by atoms with Gasteiger partial charge in [0, 0.05) is 18.1 Å². The summed E-state index contributed by atoms with van der Waals surface area (Å²) in [6.07, 6.45) is 6.00. The SMILES string of the molecule is C=CC(=O)OCC(C)C(COC(=O)C=C)C1C(=C)C2CCCC21. The zero-order chi connectivity index (χ0) is 17.0. The van der Waals surface area contributed by atoms with Gasteiger partial charge in [-0.1, -0.05) is 38.7 Å². The molecular formula is C19H26O4. The molecule has 0 bridgehead atoms. The molecule has 23 heavy (non-hydrogen) atoms. The molecule has 0 aliphatic heterocycles. The fourth-order valence-electron chi connectivity index (χ4n) is 4.13. The van der Waals surface area contributed by atoms with Gasteiger partial charge in [-0.15, -0.1) is 0 Å². The third kappa shape index (κ3) is 3.74. The Bertz CT molecular complexity index is 507. The van der Waals surface area contributed by atoms with Crippen LogP contribution in [0.2, 0.25) is 0 Å². The molecule has 0 aromatic carbocycles. The van der Waals surface area contributed by atoms with Gasteiger partial charge in [0.25, 0.3) is 0 Å². The molecule has 4 heteroatoms. The van der Waals surface area contributed by atoms with E-state index in [0.717, 1.165) is 6.08 Å². The predicted molar refractivity (Wildman–Crippen MR) is 88.4 cm³/mol. The molecule has 0 aromatic heterocycles. The van der Waals surface area contributed by atoms with Crippen molar-refractivity contribution in [2.45, 2.75) is 26.2 Å². The van der Waals surface area contributed by atoms with E-state index in [1.165, 1.54) is 30.9 Å². The number of carbonyl (C=O) groups is 2. The van der Waals surface area contributed by atoms with Crippen LogP contribution in [0, 0.1) is 29.6 Å². The van der Waals surface area contributed by atoms with E-state index < -0.39 is 11.9 Å². The summed E-state index contributed by atoms with van der Waals surface area (Å²) in [7, 11) is 0. The molecule has 126 valence electrons. The summed E-state index contributed by atoms with van der Waals surface area (Å²) in [5.41, 5.74) is 1.27. The fraction of sp³-hybridized carbons (Fsp3) is 0.579. The Balaban J connectivity index is 2.03. The largest absolute Gasteiger partial charge is 0.462 e. The molecule has 2 aliphatic carbocycles. The zero-order valence-electron chi connectivity index (χ0n) is 13.8. The second-order valence-corrected chi connectivity index (χ2v) is 6.61. The van der Waals surface area contributed by atoms with Crippen molar-refractivity contribution in [1.82, 2.24) is 0 Å². The van der Waals surface area contributed by atoms with Gasteiger partial charge in [0.15, 0.2) is 0 Å². The lowest BCUT2D eigenvalue weighted by Crippen LogP contribution is -2.45. The van der Waals surface area contributed by atoms with E-state index in [4.69, 9.17) is 9.47 Å². The van der Waals surface area contributed by atoms with Gasteiger partial charge >= 0.3 is 11.9 Å². The summed E-state index contributed by atoms with van der Waals surface area (Å²) in [6.45, 7) is 13.7. The predicted octanol–water partition coefficient (Wildman–Crippen LogP) is 3.30. The highest BCUT2D eigenvalue weighted by Gasteiger charge is 2.51. The highest BCUT2D eigenvalue weighted by atomic mass is 16.5. The van der Waals surface area contributed by atoms with E-state index >= 15 is 0 Å². The second-order valence-electron chi connectivity index (χ2n) is 6.61. The van der Waals surface area contributed by atoms with Crippen molar-refractivity contribution in [2.24, 2.45) is 29.6 Å². The van der Waals surface area contributed by atoms with Crippen molar-refractivity contribution >= 4 is 11.9 Å².